The fraction of sp³-hybridized carbons (Fsp3) is 0.188. The summed E-state index contributed by atoms with van der Waals surface area (Å²) in [6, 6.07) is 5.06. The standard InChI is InChI=1S/C16H11F5N4O/c17-15(18,16(19,20)21)12-3-4-13-11(6-12)9-23-14(26)25(13)24-8-10-2-1-5-22-7-10/h1-8H,9H2,(H,23,26). The predicted octanol–water partition coefficient (Wildman–Crippen LogP) is 3.80. The smallest absolute Gasteiger partial charge is 0.332 e. The number of anilines is 1. The molecule has 10 heteroatoms. The summed E-state index contributed by atoms with van der Waals surface area (Å²) in [5, 5.41) is 7.23. The van der Waals surface area contributed by atoms with Gasteiger partial charge in [0.2, 0.25) is 0 Å². The third-order valence-corrected chi connectivity index (χ3v) is 3.66. The molecule has 0 saturated carbocycles. The number of hydrazone groups is 1. The first kappa shape index (κ1) is 17.8. The van der Waals surface area contributed by atoms with Crippen molar-refractivity contribution < 1.29 is 26.7 Å². The Bertz CT molecular complexity index is 851. The maximum absolute atomic E-state index is 13.5. The van der Waals surface area contributed by atoms with Gasteiger partial charge in [0.15, 0.2) is 0 Å². The molecule has 1 aromatic heterocycles. The van der Waals surface area contributed by atoms with Crippen LogP contribution in [0.1, 0.15) is 16.7 Å². The number of fused-ring (bicyclic) bond motifs is 1. The molecule has 26 heavy (non-hydrogen) atoms. The van der Waals surface area contributed by atoms with Gasteiger partial charge in [0.25, 0.3) is 0 Å². The minimum Gasteiger partial charge on any atom is -0.332 e. The zero-order valence-electron chi connectivity index (χ0n) is 13.0. The van der Waals surface area contributed by atoms with Gasteiger partial charge in [0, 0.05) is 30.1 Å². The second-order valence-electron chi connectivity index (χ2n) is 5.42. The summed E-state index contributed by atoms with van der Waals surface area (Å²) in [6.45, 7) is -0.186. The number of halogens is 5. The highest BCUT2D eigenvalue weighted by Crippen LogP contribution is 2.45. The summed E-state index contributed by atoms with van der Waals surface area (Å²) >= 11 is 0. The lowest BCUT2D eigenvalue weighted by molar-refractivity contribution is -0.289. The monoisotopic (exact) mass is 370 g/mol. The molecule has 0 radical (unpaired) electrons. The van der Waals surface area contributed by atoms with Crippen LogP contribution in [0.2, 0.25) is 0 Å². The molecule has 1 N–H and O–H groups in total. The number of carbonyl (C=O) groups excluding carboxylic acids is 1. The lowest BCUT2D eigenvalue weighted by Gasteiger charge is -2.27. The van der Waals surface area contributed by atoms with Gasteiger partial charge in [-0.1, -0.05) is 12.1 Å². The van der Waals surface area contributed by atoms with Crippen LogP contribution < -0.4 is 10.3 Å². The van der Waals surface area contributed by atoms with E-state index in [1.165, 1.54) is 12.4 Å². The maximum Gasteiger partial charge on any atom is 0.458 e. The van der Waals surface area contributed by atoms with E-state index in [1.807, 2.05) is 0 Å². The quantitative estimate of drug-likeness (QED) is 0.660. The number of nitrogens with zero attached hydrogens (tertiary/aromatic N) is 3. The largest absolute Gasteiger partial charge is 0.458 e. The summed E-state index contributed by atoms with van der Waals surface area (Å²) in [6.07, 6.45) is -1.36. The summed E-state index contributed by atoms with van der Waals surface area (Å²) < 4.78 is 64.6. The van der Waals surface area contributed by atoms with E-state index in [0.29, 0.717) is 11.6 Å². The number of amides is 2. The summed E-state index contributed by atoms with van der Waals surface area (Å²) in [5.41, 5.74) is -0.409. The molecule has 136 valence electrons. The first-order valence-corrected chi connectivity index (χ1v) is 7.30. The van der Waals surface area contributed by atoms with Crippen molar-refractivity contribution in [2.75, 3.05) is 5.01 Å². The normalized spacial score (nSPS) is 15.1. The zero-order valence-corrected chi connectivity index (χ0v) is 13.0. The van der Waals surface area contributed by atoms with Crippen molar-refractivity contribution >= 4 is 17.9 Å². The van der Waals surface area contributed by atoms with Crippen LogP contribution in [0, 0.1) is 0 Å². The van der Waals surface area contributed by atoms with Crippen LogP contribution in [0.4, 0.5) is 32.4 Å². The molecule has 3 rings (SSSR count). The van der Waals surface area contributed by atoms with E-state index in [1.54, 1.807) is 18.3 Å². The fourth-order valence-corrected chi connectivity index (χ4v) is 2.34. The minimum atomic E-state index is -5.71. The third kappa shape index (κ3) is 3.22. The number of rotatable bonds is 3. The van der Waals surface area contributed by atoms with Crippen LogP contribution in [0.15, 0.2) is 47.8 Å². The molecule has 0 bridgehead atoms. The van der Waals surface area contributed by atoms with Gasteiger partial charge in [-0.2, -0.15) is 32.1 Å². The van der Waals surface area contributed by atoms with Crippen LogP contribution in [-0.4, -0.2) is 23.4 Å². The Balaban J connectivity index is 1.95. The molecule has 0 unspecified atom stereocenters. The van der Waals surface area contributed by atoms with Crippen molar-refractivity contribution in [1.29, 1.82) is 0 Å². The van der Waals surface area contributed by atoms with Gasteiger partial charge in [-0.25, -0.2) is 4.79 Å². The first-order valence-electron chi connectivity index (χ1n) is 7.30. The molecule has 0 atom stereocenters. The van der Waals surface area contributed by atoms with Gasteiger partial charge in [-0.05, 0) is 23.8 Å². The number of hydrogen-bond donors (Lipinski definition) is 1. The molecule has 1 aromatic carbocycles. The number of hydrogen-bond acceptors (Lipinski definition) is 3. The van der Waals surface area contributed by atoms with Crippen LogP contribution in [0.25, 0.3) is 0 Å². The van der Waals surface area contributed by atoms with E-state index in [-0.39, 0.29) is 17.8 Å². The van der Waals surface area contributed by atoms with Gasteiger partial charge in [-0.3, -0.25) is 4.98 Å². The van der Waals surface area contributed by atoms with Gasteiger partial charge in [0.1, 0.15) is 0 Å². The van der Waals surface area contributed by atoms with Crippen LogP contribution in [0.3, 0.4) is 0 Å². The van der Waals surface area contributed by atoms with E-state index in [9.17, 15) is 26.7 Å². The Morgan fingerprint density at radius 1 is 1.19 bits per heavy atom. The van der Waals surface area contributed by atoms with Crippen molar-refractivity contribution in [3.05, 3.63) is 59.4 Å². The third-order valence-electron chi connectivity index (χ3n) is 3.66. The first-order chi connectivity index (χ1) is 12.2. The second-order valence-corrected chi connectivity index (χ2v) is 5.42. The summed E-state index contributed by atoms with van der Waals surface area (Å²) in [7, 11) is 0. The van der Waals surface area contributed by atoms with Crippen LogP contribution in [-0.2, 0) is 12.5 Å². The highest BCUT2D eigenvalue weighted by Gasteiger charge is 2.58. The Labute approximate surface area is 144 Å². The fourth-order valence-electron chi connectivity index (χ4n) is 2.34. The van der Waals surface area contributed by atoms with Crippen molar-refractivity contribution in [3.63, 3.8) is 0 Å². The minimum absolute atomic E-state index is 0.0920. The maximum atomic E-state index is 13.5. The second kappa shape index (κ2) is 6.36. The highest BCUT2D eigenvalue weighted by molar-refractivity contribution is 5.96. The summed E-state index contributed by atoms with van der Waals surface area (Å²) in [4.78, 5) is 15.8. The number of benzene rings is 1. The molecule has 2 aromatic rings. The molecule has 5 nitrogen and oxygen atoms in total. The Morgan fingerprint density at radius 2 is 1.96 bits per heavy atom. The van der Waals surface area contributed by atoms with Gasteiger partial charge in [0.05, 0.1) is 11.9 Å². The predicted molar refractivity (Wildman–Crippen MR) is 82.9 cm³/mol. The van der Waals surface area contributed by atoms with Crippen molar-refractivity contribution in [2.24, 2.45) is 5.10 Å². The summed E-state index contributed by atoms with van der Waals surface area (Å²) in [5.74, 6) is -4.99. The van der Waals surface area contributed by atoms with E-state index in [2.05, 4.69) is 15.4 Å². The topological polar surface area (TPSA) is 57.6 Å². The molecule has 2 amide bonds. The molecule has 0 spiro atoms. The van der Waals surface area contributed by atoms with Crippen LogP contribution in [0.5, 0.6) is 0 Å². The van der Waals surface area contributed by atoms with E-state index in [4.69, 9.17) is 0 Å². The highest BCUT2D eigenvalue weighted by atomic mass is 19.4. The van der Waals surface area contributed by atoms with E-state index < -0.39 is 23.7 Å². The number of pyridine rings is 1. The van der Waals surface area contributed by atoms with Gasteiger partial charge in [-0.15, -0.1) is 0 Å². The number of alkyl halides is 5. The number of carbonyl (C=O) groups is 1. The van der Waals surface area contributed by atoms with Crippen molar-refractivity contribution in [3.8, 4) is 0 Å². The van der Waals surface area contributed by atoms with Crippen molar-refractivity contribution in [2.45, 2.75) is 18.6 Å². The van der Waals surface area contributed by atoms with E-state index in [0.717, 1.165) is 17.1 Å². The molecule has 0 aliphatic carbocycles. The van der Waals surface area contributed by atoms with Gasteiger partial charge < -0.3 is 5.32 Å². The molecule has 0 saturated heterocycles. The Kier molecular flexibility index (Phi) is 4.34. The lowest BCUT2D eigenvalue weighted by Crippen LogP contribution is -2.41. The molecule has 0 fully saturated rings. The molecule has 2 heterocycles. The molecule has 1 aliphatic heterocycles. The Morgan fingerprint density at radius 3 is 2.62 bits per heavy atom. The average molecular weight is 370 g/mol. The SMILES string of the molecule is O=C1NCc2cc(C(F)(F)C(F)(F)F)ccc2N1N=Cc1cccnc1. The van der Waals surface area contributed by atoms with Gasteiger partial charge >= 0.3 is 18.1 Å². The number of aromatic nitrogens is 1. The molecular formula is C16H11F5N4O. The van der Waals surface area contributed by atoms with E-state index >= 15 is 0 Å². The van der Waals surface area contributed by atoms with Crippen LogP contribution >= 0.6 is 0 Å². The average Bonchev–Trinajstić information content (AvgIpc) is 2.60. The Hall–Kier alpha value is -3.04. The number of nitrogens with one attached hydrogen (secondary N) is 1. The van der Waals surface area contributed by atoms with Crippen molar-refractivity contribution in [1.82, 2.24) is 10.3 Å². The molecular weight excluding hydrogens is 359 g/mol. The molecule has 1 aliphatic rings. The zero-order chi connectivity index (χ0) is 18.9. The lowest BCUT2D eigenvalue weighted by atomic mass is 10.0. The number of urea groups is 1.